The van der Waals surface area contributed by atoms with Gasteiger partial charge in [0.05, 0.1) is 19.3 Å². The van der Waals surface area contributed by atoms with Gasteiger partial charge >= 0.3 is 0 Å². The van der Waals surface area contributed by atoms with Gasteiger partial charge in [-0.3, -0.25) is 0 Å². The molecule has 1 aliphatic heterocycles. The minimum atomic E-state index is -1.58. The number of hydrogen-bond donors (Lipinski definition) is 1. The molecule has 0 radical (unpaired) electrons. The minimum absolute atomic E-state index is 0.293. The molecule has 17 heavy (non-hydrogen) atoms. The highest BCUT2D eigenvalue weighted by molar-refractivity contribution is 6.74. The van der Waals surface area contributed by atoms with Gasteiger partial charge < -0.3 is 14.5 Å². The number of hydrogen-bond acceptors (Lipinski definition) is 3. The third kappa shape index (κ3) is 5.08. The van der Waals surface area contributed by atoms with Crippen LogP contribution < -0.4 is 5.32 Å². The van der Waals surface area contributed by atoms with Gasteiger partial charge in [-0.15, -0.1) is 0 Å². The molecule has 4 heteroatoms. The van der Waals surface area contributed by atoms with Crippen molar-refractivity contribution in [2.24, 2.45) is 0 Å². The zero-order valence-corrected chi connectivity index (χ0v) is 13.1. The first kappa shape index (κ1) is 15.2. The SMILES string of the molecule is CC(C)(C)[Si](C)(C)OCCOC1CCNCC1. The molecule has 1 aliphatic rings. The summed E-state index contributed by atoms with van der Waals surface area (Å²) >= 11 is 0. The Morgan fingerprint density at radius 1 is 1.12 bits per heavy atom. The summed E-state index contributed by atoms with van der Waals surface area (Å²) in [5.41, 5.74) is 0. The van der Waals surface area contributed by atoms with Crippen LogP contribution in [0.3, 0.4) is 0 Å². The van der Waals surface area contributed by atoms with E-state index < -0.39 is 8.32 Å². The molecule has 0 aromatic carbocycles. The van der Waals surface area contributed by atoms with Gasteiger partial charge in [0.1, 0.15) is 0 Å². The molecule has 0 bridgehead atoms. The Hall–Kier alpha value is 0.0969. The van der Waals surface area contributed by atoms with E-state index in [1.165, 1.54) is 0 Å². The molecule has 1 N–H and O–H groups in total. The highest BCUT2D eigenvalue weighted by Crippen LogP contribution is 2.36. The van der Waals surface area contributed by atoms with E-state index in [1.54, 1.807) is 0 Å². The molecule has 0 aromatic heterocycles. The van der Waals surface area contributed by atoms with Crippen molar-refractivity contribution in [3.8, 4) is 0 Å². The van der Waals surface area contributed by atoms with Gasteiger partial charge in [-0.1, -0.05) is 20.8 Å². The molecule has 1 rings (SSSR count). The highest BCUT2D eigenvalue weighted by Gasteiger charge is 2.36. The lowest BCUT2D eigenvalue weighted by Gasteiger charge is -2.36. The fraction of sp³-hybridized carbons (Fsp3) is 1.00. The first-order chi connectivity index (χ1) is 7.83. The predicted octanol–water partition coefficient (Wildman–Crippen LogP) is 2.78. The molecule has 3 nitrogen and oxygen atoms in total. The maximum Gasteiger partial charge on any atom is 0.192 e. The minimum Gasteiger partial charge on any atom is -0.414 e. The van der Waals surface area contributed by atoms with E-state index in [0.29, 0.717) is 11.1 Å². The second kappa shape index (κ2) is 6.32. The van der Waals surface area contributed by atoms with E-state index >= 15 is 0 Å². The molecule has 0 amide bonds. The lowest BCUT2D eigenvalue weighted by atomic mass is 10.1. The first-order valence-electron chi connectivity index (χ1n) is 6.79. The smallest absolute Gasteiger partial charge is 0.192 e. The van der Waals surface area contributed by atoms with Crippen molar-refractivity contribution >= 4 is 8.32 Å². The van der Waals surface area contributed by atoms with Crippen LogP contribution in [-0.4, -0.2) is 40.7 Å². The average molecular weight is 259 g/mol. The number of nitrogens with one attached hydrogen (secondary N) is 1. The molecule has 1 fully saturated rings. The van der Waals surface area contributed by atoms with Gasteiger partial charge in [0.15, 0.2) is 8.32 Å². The molecule has 0 atom stereocenters. The van der Waals surface area contributed by atoms with Crippen LogP contribution in [0.2, 0.25) is 18.1 Å². The van der Waals surface area contributed by atoms with Crippen LogP contribution in [0, 0.1) is 0 Å². The fourth-order valence-corrected chi connectivity index (χ4v) is 2.72. The van der Waals surface area contributed by atoms with Gasteiger partial charge in [0.2, 0.25) is 0 Å². The van der Waals surface area contributed by atoms with Crippen molar-refractivity contribution in [2.45, 2.75) is 57.8 Å². The van der Waals surface area contributed by atoms with Crippen molar-refractivity contribution in [2.75, 3.05) is 26.3 Å². The molecule has 1 heterocycles. The molecule has 0 saturated carbocycles. The van der Waals surface area contributed by atoms with E-state index in [2.05, 4.69) is 39.2 Å². The zero-order chi connectivity index (χ0) is 12.9. The quantitative estimate of drug-likeness (QED) is 0.608. The lowest BCUT2D eigenvalue weighted by molar-refractivity contribution is 0.0147. The molecule has 1 saturated heterocycles. The summed E-state index contributed by atoms with van der Waals surface area (Å²) in [6.07, 6.45) is 2.72. The van der Waals surface area contributed by atoms with Crippen molar-refractivity contribution in [1.29, 1.82) is 0 Å². The summed E-state index contributed by atoms with van der Waals surface area (Å²) in [5.74, 6) is 0. The van der Waals surface area contributed by atoms with E-state index in [9.17, 15) is 0 Å². The monoisotopic (exact) mass is 259 g/mol. The van der Waals surface area contributed by atoms with Crippen LogP contribution in [0.5, 0.6) is 0 Å². The van der Waals surface area contributed by atoms with Crippen molar-refractivity contribution in [1.82, 2.24) is 5.32 Å². The zero-order valence-electron chi connectivity index (χ0n) is 12.1. The van der Waals surface area contributed by atoms with E-state index in [-0.39, 0.29) is 0 Å². The highest BCUT2D eigenvalue weighted by atomic mass is 28.4. The average Bonchev–Trinajstić information content (AvgIpc) is 2.24. The largest absolute Gasteiger partial charge is 0.414 e. The van der Waals surface area contributed by atoms with E-state index in [4.69, 9.17) is 9.16 Å². The Kier molecular flexibility index (Phi) is 5.63. The predicted molar refractivity (Wildman–Crippen MR) is 75.0 cm³/mol. The molecule has 0 spiro atoms. The Balaban J connectivity index is 2.15. The van der Waals surface area contributed by atoms with Crippen LogP contribution >= 0.6 is 0 Å². The molecule has 102 valence electrons. The van der Waals surface area contributed by atoms with Crippen LogP contribution in [0.25, 0.3) is 0 Å². The van der Waals surface area contributed by atoms with Crippen molar-refractivity contribution in [3.05, 3.63) is 0 Å². The van der Waals surface area contributed by atoms with Crippen LogP contribution in [0.15, 0.2) is 0 Å². The second-order valence-corrected chi connectivity index (χ2v) is 11.2. The van der Waals surface area contributed by atoms with Crippen molar-refractivity contribution in [3.63, 3.8) is 0 Å². The van der Waals surface area contributed by atoms with Gasteiger partial charge in [-0.2, -0.15) is 0 Å². The molecule has 0 aliphatic carbocycles. The number of piperidine rings is 1. The summed E-state index contributed by atoms with van der Waals surface area (Å²) in [4.78, 5) is 0. The first-order valence-corrected chi connectivity index (χ1v) is 9.70. The van der Waals surface area contributed by atoms with Gasteiger partial charge in [-0.05, 0) is 44.1 Å². The fourth-order valence-electron chi connectivity index (χ4n) is 1.69. The second-order valence-electron chi connectivity index (χ2n) is 6.43. The summed E-state index contributed by atoms with van der Waals surface area (Å²) in [7, 11) is -1.58. The number of ether oxygens (including phenoxy) is 1. The Bertz CT molecular complexity index is 220. The van der Waals surface area contributed by atoms with Crippen LogP contribution in [-0.2, 0) is 9.16 Å². The van der Waals surface area contributed by atoms with E-state index in [0.717, 1.165) is 39.1 Å². The van der Waals surface area contributed by atoms with Crippen LogP contribution in [0.4, 0.5) is 0 Å². The normalized spacial score (nSPS) is 19.6. The molecule has 0 aromatic rings. The maximum atomic E-state index is 6.08. The maximum absolute atomic E-state index is 6.08. The summed E-state index contributed by atoms with van der Waals surface area (Å²) in [6.45, 7) is 15.1. The van der Waals surface area contributed by atoms with Gasteiger partial charge in [0.25, 0.3) is 0 Å². The van der Waals surface area contributed by atoms with Crippen molar-refractivity contribution < 1.29 is 9.16 Å². The summed E-state index contributed by atoms with van der Waals surface area (Å²) < 4.78 is 11.9. The summed E-state index contributed by atoms with van der Waals surface area (Å²) in [6, 6.07) is 0. The third-order valence-electron chi connectivity index (χ3n) is 3.99. The third-order valence-corrected chi connectivity index (χ3v) is 8.53. The van der Waals surface area contributed by atoms with Crippen LogP contribution in [0.1, 0.15) is 33.6 Å². The molecular weight excluding hydrogens is 230 g/mol. The molecular formula is C13H29NO2Si. The Morgan fingerprint density at radius 2 is 1.71 bits per heavy atom. The standard InChI is InChI=1S/C13H29NO2Si/c1-13(2,3)17(4,5)16-11-10-15-12-6-8-14-9-7-12/h12,14H,6-11H2,1-5H3. The lowest BCUT2D eigenvalue weighted by Crippen LogP contribution is -2.42. The van der Waals surface area contributed by atoms with Gasteiger partial charge in [0, 0.05) is 0 Å². The summed E-state index contributed by atoms with van der Waals surface area (Å²) in [5, 5.41) is 3.64. The number of rotatable bonds is 5. The molecule has 0 unspecified atom stereocenters. The Labute approximate surface area is 107 Å². The topological polar surface area (TPSA) is 30.5 Å². The van der Waals surface area contributed by atoms with E-state index in [1.807, 2.05) is 0 Å². The Morgan fingerprint density at radius 3 is 2.24 bits per heavy atom. The van der Waals surface area contributed by atoms with Gasteiger partial charge in [-0.25, -0.2) is 0 Å².